The van der Waals surface area contributed by atoms with E-state index in [4.69, 9.17) is 0 Å². The summed E-state index contributed by atoms with van der Waals surface area (Å²) in [6, 6.07) is 11.3. The Morgan fingerprint density at radius 1 is 0.674 bits per heavy atom. The molecule has 2 aromatic carbocycles. The third kappa shape index (κ3) is 17.0. The van der Waals surface area contributed by atoms with Gasteiger partial charge in [-0.1, -0.05) is 98.0 Å². The highest BCUT2D eigenvalue weighted by molar-refractivity contribution is 6.00. The molecule has 0 radical (unpaired) electrons. The summed E-state index contributed by atoms with van der Waals surface area (Å²) in [7, 11) is 0. The van der Waals surface area contributed by atoms with Gasteiger partial charge in [-0.25, -0.2) is 0 Å². The quantitative estimate of drug-likeness (QED) is 0.100. The molecule has 0 unspecified atom stereocenters. The maximum atomic E-state index is 13.0. The van der Waals surface area contributed by atoms with Gasteiger partial charge in [-0.2, -0.15) is 13.2 Å². The molecule has 0 spiro atoms. The molecule has 0 fully saturated rings. The Labute approximate surface area is 271 Å². The Morgan fingerprint density at radius 3 is 1.80 bits per heavy atom. The number of para-hydroxylation sites is 1. The van der Waals surface area contributed by atoms with Crippen LogP contribution in [0.2, 0.25) is 0 Å². The van der Waals surface area contributed by atoms with Gasteiger partial charge in [0.15, 0.2) is 0 Å². The zero-order valence-corrected chi connectivity index (χ0v) is 26.6. The van der Waals surface area contributed by atoms with Gasteiger partial charge < -0.3 is 16.0 Å². The van der Waals surface area contributed by atoms with Gasteiger partial charge in [0.1, 0.15) is 0 Å². The molecule has 0 heterocycles. The second-order valence-corrected chi connectivity index (χ2v) is 10.3. The molecule has 8 heteroatoms. The van der Waals surface area contributed by atoms with Crippen LogP contribution in [0.1, 0.15) is 74.2 Å². The van der Waals surface area contributed by atoms with E-state index in [1.54, 1.807) is 24.3 Å². The van der Waals surface area contributed by atoms with Crippen LogP contribution < -0.4 is 16.0 Å². The number of allylic oxidation sites excluding steroid dienone is 12. The number of carbonyl (C=O) groups is 2. The van der Waals surface area contributed by atoms with E-state index in [1.807, 2.05) is 12.2 Å². The van der Waals surface area contributed by atoms with E-state index in [9.17, 15) is 22.8 Å². The number of nitrogens with one attached hydrogen (secondary N) is 3. The van der Waals surface area contributed by atoms with Gasteiger partial charge in [0.25, 0.3) is 5.91 Å². The van der Waals surface area contributed by atoms with Crippen molar-refractivity contribution < 1.29 is 22.8 Å². The van der Waals surface area contributed by atoms with Crippen molar-refractivity contribution in [2.45, 2.75) is 64.5 Å². The minimum absolute atomic E-state index is 0.111. The fraction of sp³-hybridized carbons (Fsp3) is 0.316. The lowest BCUT2D eigenvalue weighted by Gasteiger charge is -2.14. The first-order chi connectivity index (χ1) is 22.3. The Balaban J connectivity index is 1.57. The second kappa shape index (κ2) is 22.8. The number of benzene rings is 2. The molecule has 5 nitrogen and oxygen atoms in total. The van der Waals surface area contributed by atoms with Crippen LogP contribution in [0.25, 0.3) is 0 Å². The van der Waals surface area contributed by atoms with E-state index in [-0.39, 0.29) is 30.2 Å². The van der Waals surface area contributed by atoms with Gasteiger partial charge in [-0.15, -0.1) is 0 Å². The Hall–Kier alpha value is -4.59. The maximum Gasteiger partial charge on any atom is 0.416 e. The number of carbonyl (C=O) groups excluding carboxylic acids is 2. The highest BCUT2D eigenvalue weighted by Crippen LogP contribution is 2.31. The molecule has 0 aliphatic carbocycles. The van der Waals surface area contributed by atoms with Crippen LogP contribution in [0.15, 0.2) is 121 Å². The first-order valence-electron chi connectivity index (χ1n) is 15.8. The largest absolute Gasteiger partial charge is 0.416 e. The first kappa shape index (κ1) is 37.6. The number of halogens is 3. The molecule has 0 bridgehead atoms. The van der Waals surface area contributed by atoms with E-state index >= 15 is 0 Å². The van der Waals surface area contributed by atoms with Gasteiger partial charge in [0.05, 0.1) is 16.8 Å². The number of alkyl halides is 3. The predicted octanol–water partition coefficient (Wildman–Crippen LogP) is 9.77. The molecule has 2 rings (SSSR count). The second-order valence-electron chi connectivity index (χ2n) is 10.3. The molecule has 0 saturated carbocycles. The number of anilines is 2. The average molecular weight is 634 g/mol. The molecule has 0 atom stereocenters. The molecule has 2 amide bonds. The fourth-order valence-corrected chi connectivity index (χ4v) is 4.13. The molecule has 0 aromatic heterocycles. The van der Waals surface area contributed by atoms with Gasteiger partial charge >= 0.3 is 6.18 Å². The van der Waals surface area contributed by atoms with Gasteiger partial charge in [0, 0.05) is 25.2 Å². The van der Waals surface area contributed by atoms with Crippen LogP contribution in [0.4, 0.5) is 24.5 Å². The molecule has 246 valence electrons. The van der Waals surface area contributed by atoms with E-state index < -0.39 is 17.6 Å². The van der Waals surface area contributed by atoms with Crippen molar-refractivity contribution >= 4 is 23.2 Å². The fourth-order valence-electron chi connectivity index (χ4n) is 4.13. The third-order valence-electron chi connectivity index (χ3n) is 6.51. The van der Waals surface area contributed by atoms with Crippen molar-refractivity contribution in [1.29, 1.82) is 0 Å². The zero-order chi connectivity index (χ0) is 33.3. The van der Waals surface area contributed by atoms with Crippen LogP contribution in [-0.2, 0) is 11.0 Å². The van der Waals surface area contributed by atoms with Crippen LogP contribution >= 0.6 is 0 Å². The summed E-state index contributed by atoms with van der Waals surface area (Å²) in [6.45, 7) is 2.61. The highest BCUT2D eigenvalue weighted by Gasteiger charge is 2.30. The Morgan fingerprint density at radius 2 is 1.22 bits per heavy atom. The minimum atomic E-state index is -4.47. The molecule has 0 aliphatic rings. The topological polar surface area (TPSA) is 70.2 Å². The normalized spacial score (nSPS) is 12.4. The highest BCUT2D eigenvalue weighted by atomic mass is 19.4. The maximum absolute atomic E-state index is 13.0. The van der Waals surface area contributed by atoms with Gasteiger partial charge in [-0.3, -0.25) is 9.59 Å². The van der Waals surface area contributed by atoms with Crippen molar-refractivity contribution in [2.75, 3.05) is 18.4 Å². The molecule has 0 aliphatic heterocycles. The summed E-state index contributed by atoms with van der Waals surface area (Å²) in [6.07, 6.45) is 27.8. The lowest BCUT2D eigenvalue weighted by Crippen LogP contribution is -2.34. The summed E-state index contributed by atoms with van der Waals surface area (Å²) in [5.74, 6) is -0.511. The number of hydrogen-bond acceptors (Lipinski definition) is 3. The van der Waals surface area contributed by atoms with E-state index in [2.05, 4.69) is 83.6 Å². The van der Waals surface area contributed by atoms with Crippen LogP contribution in [-0.4, -0.2) is 24.9 Å². The summed E-state index contributed by atoms with van der Waals surface area (Å²) < 4.78 is 39.1. The Bertz CT molecular complexity index is 1370. The smallest absolute Gasteiger partial charge is 0.355 e. The lowest BCUT2D eigenvalue weighted by molar-refractivity contribution is -0.137. The van der Waals surface area contributed by atoms with Crippen LogP contribution in [0.3, 0.4) is 0 Å². The minimum Gasteiger partial charge on any atom is -0.355 e. The van der Waals surface area contributed by atoms with Crippen molar-refractivity contribution in [3.05, 3.63) is 133 Å². The molecule has 0 saturated heterocycles. The SMILES string of the molecule is CC/C=C\C/C=C\C/C=C\C/C=C\C/C=C\C/C=C\CCC(=O)NCCNC(=O)c1ccccc1Nc1cccc(C(F)(F)F)c1. The van der Waals surface area contributed by atoms with Crippen LogP contribution in [0.5, 0.6) is 0 Å². The molecule has 3 N–H and O–H groups in total. The average Bonchev–Trinajstić information content (AvgIpc) is 3.04. The molecular formula is C38H46F3N3O2. The lowest BCUT2D eigenvalue weighted by atomic mass is 10.1. The number of amides is 2. The van der Waals surface area contributed by atoms with E-state index in [0.717, 1.165) is 50.7 Å². The number of rotatable bonds is 20. The van der Waals surface area contributed by atoms with Crippen molar-refractivity contribution in [3.63, 3.8) is 0 Å². The third-order valence-corrected chi connectivity index (χ3v) is 6.51. The van der Waals surface area contributed by atoms with Crippen LogP contribution in [0, 0.1) is 0 Å². The molecule has 2 aromatic rings. The van der Waals surface area contributed by atoms with Gasteiger partial charge in [-0.05, 0) is 75.3 Å². The van der Waals surface area contributed by atoms with Crippen molar-refractivity contribution in [3.8, 4) is 0 Å². The number of hydrogen-bond donors (Lipinski definition) is 3. The standard InChI is InChI=1S/C38H46F3N3O2/c1-2-3-4-5-6-7-8-9-10-11-12-13-14-15-16-17-18-19-20-28-36(45)42-29-30-43-37(46)34-26-21-22-27-35(34)44-33-25-23-24-32(31-33)38(39,40)41/h3-4,6-7,9-10,12-13,15-16,18-19,21-27,31,44H,2,5,8,11,14,17,20,28-30H2,1H3,(H,42,45)(H,43,46)/b4-3-,7-6-,10-9-,13-12-,16-15-,19-18-. The Kier molecular flexibility index (Phi) is 18.7. The van der Waals surface area contributed by atoms with E-state index in [0.29, 0.717) is 18.5 Å². The monoisotopic (exact) mass is 633 g/mol. The summed E-state index contributed by atoms with van der Waals surface area (Å²) >= 11 is 0. The predicted molar refractivity (Wildman–Crippen MR) is 184 cm³/mol. The molecular weight excluding hydrogens is 587 g/mol. The zero-order valence-electron chi connectivity index (χ0n) is 26.6. The summed E-state index contributed by atoms with van der Waals surface area (Å²) in [5.41, 5.74) is 0.0915. The van der Waals surface area contributed by atoms with Gasteiger partial charge in [0.2, 0.25) is 5.91 Å². The van der Waals surface area contributed by atoms with E-state index in [1.165, 1.54) is 12.1 Å². The summed E-state index contributed by atoms with van der Waals surface area (Å²) in [5, 5.41) is 8.41. The van der Waals surface area contributed by atoms with Crippen molar-refractivity contribution in [1.82, 2.24) is 10.6 Å². The first-order valence-corrected chi connectivity index (χ1v) is 15.8. The molecule has 46 heavy (non-hydrogen) atoms. The van der Waals surface area contributed by atoms with Crippen molar-refractivity contribution in [2.24, 2.45) is 0 Å². The summed E-state index contributed by atoms with van der Waals surface area (Å²) in [4.78, 5) is 24.8.